The highest BCUT2D eigenvalue weighted by Crippen LogP contribution is 2.13. The Morgan fingerprint density at radius 2 is 1.46 bits per heavy atom. The van der Waals surface area contributed by atoms with Crippen LogP contribution in [-0.2, 0) is 14.3 Å². The second kappa shape index (κ2) is 7.87. The molecule has 0 aliphatic rings. The Morgan fingerprint density at radius 1 is 0.917 bits per heavy atom. The minimum atomic E-state index is -0.717. The Hall–Kier alpha value is -3.22. The Labute approximate surface area is 137 Å². The molecule has 0 heterocycles. The van der Waals surface area contributed by atoms with Crippen molar-refractivity contribution in [2.75, 3.05) is 17.2 Å². The largest absolute Gasteiger partial charge is 0.452 e. The van der Waals surface area contributed by atoms with Crippen LogP contribution in [0.5, 0.6) is 0 Å². The van der Waals surface area contributed by atoms with Crippen molar-refractivity contribution in [1.82, 2.24) is 0 Å². The average molecular weight is 330 g/mol. The molecule has 0 spiro atoms. The molecule has 0 radical (unpaired) electrons. The monoisotopic (exact) mass is 330 g/mol. The number of ether oxygens (including phenoxy) is 1. The van der Waals surface area contributed by atoms with Gasteiger partial charge in [-0.3, -0.25) is 9.59 Å². The number of hydrogen-bond acceptors (Lipinski definition) is 4. The van der Waals surface area contributed by atoms with Crippen molar-refractivity contribution in [3.05, 3.63) is 59.9 Å². The summed E-state index contributed by atoms with van der Waals surface area (Å²) in [4.78, 5) is 34.4. The molecule has 0 aliphatic carbocycles. The van der Waals surface area contributed by atoms with Gasteiger partial charge in [-0.25, -0.2) is 9.18 Å². The van der Waals surface area contributed by atoms with Gasteiger partial charge in [0.05, 0.1) is 5.56 Å². The van der Waals surface area contributed by atoms with E-state index >= 15 is 0 Å². The predicted octanol–water partition coefficient (Wildman–Crippen LogP) is 2.58. The summed E-state index contributed by atoms with van der Waals surface area (Å²) in [7, 11) is 0. The molecule has 0 aliphatic heterocycles. The number of hydrogen-bond donors (Lipinski definition) is 2. The van der Waals surface area contributed by atoms with E-state index < -0.39 is 24.3 Å². The zero-order valence-corrected chi connectivity index (χ0v) is 12.8. The lowest BCUT2D eigenvalue weighted by Gasteiger charge is -2.08. The first-order valence-corrected chi connectivity index (χ1v) is 7.04. The maximum Gasteiger partial charge on any atom is 0.338 e. The van der Waals surface area contributed by atoms with Crippen molar-refractivity contribution < 1.29 is 23.5 Å². The molecule has 0 bridgehead atoms. The molecule has 2 aromatic carbocycles. The van der Waals surface area contributed by atoms with Gasteiger partial charge in [0.1, 0.15) is 5.82 Å². The van der Waals surface area contributed by atoms with Crippen LogP contribution in [0.1, 0.15) is 17.3 Å². The zero-order chi connectivity index (χ0) is 17.5. The summed E-state index contributed by atoms with van der Waals surface area (Å²) in [5, 5.41) is 5.15. The molecule has 2 amide bonds. The maximum absolute atomic E-state index is 12.8. The third-order valence-electron chi connectivity index (χ3n) is 2.90. The predicted molar refractivity (Wildman–Crippen MR) is 86.1 cm³/mol. The van der Waals surface area contributed by atoms with Crippen molar-refractivity contribution in [3.8, 4) is 0 Å². The molecule has 0 unspecified atom stereocenters. The van der Waals surface area contributed by atoms with E-state index in [1.807, 2.05) is 0 Å². The molecule has 0 aromatic heterocycles. The number of rotatable bonds is 5. The molecule has 2 rings (SSSR count). The molecule has 0 fully saturated rings. The van der Waals surface area contributed by atoms with Gasteiger partial charge < -0.3 is 15.4 Å². The summed E-state index contributed by atoms with van der Waals surface area (Å²) >= 11 is 0. The quantitative estimate of drug-likeness (QED) is 0.825. The summed E-state index contributed by atoms with van der Waals surface area (Å²) in [5.74, 6) is -1.89. The smallest absolute Gasteiger partial charge is 0.338 e. The molecule has 6 nitrogen and oxygen atoms in total. The SMILES string of the molecule is CC(=O)Nc1ccc(NC(=O)COC(=O)c2ccc(F)cc2)cc1. The van der Waals surface area contributed by atoms with Gasteiger partial charge in [0.15, 0.2) is 6.61 Å². The number of benzene rings is 2. The third-order valence-corrected chi connectivity index (χ3v) is 2.90. The summed E-state index contributed by atoms with van der Waals surface area (Å²) < 4.78 is 17.6. The van der Waals surface area contributed by atoms with Gasteiger partial charge in [-0.2, -0.15) is 0 Å². The fourth-order valence-corrected chi connectivity index (χ4v) is 1.84. The highest BCUT2D eigenvalue weighted by molar-refractivity contribution is 5.95. The number of anilines is 2. The van der Waals surface area contributed by atoms with Crippen LogP contribution < -0.4 is 10.6 Å². The molecule has 2 N–H and O–H groups in total. The van der Waals surface area contributed by atoms with Crippen LogP contribution in [0.4, 0.5) is 15.8 Å². The lowest BCUT2D eigenvalue weighted by Crippen LogP contribution is -2.21. The summed E-state index contributed by atoms with van der Waals surface area (Å²) in [6, 6.07) is 11.3. The van der Waals surface area contributed by atoms with E-state index in [0.717, 1.165) is 12.1 Å². The van der Waals surface area contributed by atoms with Crippen LogP contribution in [0.15, 0.2) is 48.5 Å². The van der Waals surface area contributed by atoms with E-state index in [4.69, 9.17) is 4.74 Å². The van der Waals surface area contributed by atoms with Gasteiger partial charge in [-0.05, 0) is 48.5 Å². The van der Waals surface area contributed by atoms with Crippen LogP contribution in [0, 0.1) is 5.82 Å². The normalized spacial score (nSPS) is 9.92. The number of halogens is 1. The molecular formula is C17H15FN2O4. The summed E-state index contributed by atoms with van der Waals surface area (Å²) in [6.07, 6.45) is 0. The van der Waals surface area contributed by atoms with Crippen molar-refractivity contribution in [2.45, 2.75) is 6.92 Å². The second-order valence-electron chi connectivity index (χ2n) is 4.89. The first kappa shape index (κ1) is 17.1. The van der Waals surface area contributed by atoms with Gasteiger partial charge in [0, 0.05) is 18.3 Å². The van der Waals surface area contributed by atoms with Gasteiger partial charge in [-0.15, -0.1) is 0 Å². The van der Waals surface area contributed by atoms with Gasteiger partial charge in [-0.1, -0.05) is 0 Å². The highest BCUT2D eigenvalue weighted by Gasteiger charge is 2.10. The van der Waals surface area contributed by atoms with E-state index in [2.05, 4.69) is 10.6 Å². The zero-order valence-electron chi connectivity index (χ0n) is 12.8. The maximum atomic E-state index is 12.8. The molecule has 124 valence electrons. The van der Waals surface area contributed by atoms with E-state index in [0.29, 0.717) is 11.4 Å². The molecular weight excluding hydrogens is 315 g/mol. The van der Waals surface area contributed by atoms with Crippen molar-refractivity contribution in [2.24, 2.45) is 0 Å². The molecule has 0 saturated heterocycles. The topological polar surface area (TPSA) is 84.5 Å². The number of amides is 2. The number of nitrogens with one attached hydrogen (secondary N) is 2. The van der Waals surface area contributed by atoms with Gasteiger partial charge in [0.2, 0.25) is 5.91 Å². The van der Waals surface area contributed by atoms with Crippen LogP contribution in [0.25, 0.3) is 0 Å². The lowest BCUT2D eigenvalue weighted by molar-refractivity contribution is -0.119. The van der Waals surface area contributed by atoms with E-state index in [9.17, 15) is 18.8 Å². The van der Waals surface area contributed by atoms with Crippen LogP contribution in [0.3, 0.4) is 0 Å². The minimum absolute atomic E-state index is 0.156. The third kappa shape index (κ3) is 5.20. The number of carbonyl (C=O) groups is 3. The second-order valence-corrected chi connectivity index (χ2v) is 4.89. The fraction of sp³-hybridized carbons (Fsp3) is 0.118. The Bertz CT molecular complexity index is 742. The van der Waals surface area contributed by atoms with Crippen LogP contribution in [0.2, 0.25) is 0 Å². The van der Waals surface area contributed by atoms with E-state index in [-0.39, 0.29) is 11.5 Å². The van der Waals surface area contributed by atoms with Gasteiger partial charge in [0.25, 0.3) is 5.91 Å². The summed E-state index contributed by atoms with van der Waals surface area (Å²) in [6.45, 7) is 0.925. The average Bonchev–Trinajstić information content (AvgIpc) is 2.54. The van der Waals surface area contributed by atoms with Crippen molar-refractivity contribution in [1.29, 1.82) is 0 Å². The van der Waals surface area contributed by atoms with Crippen molar-refractivity contribution >= 4 is 29.2 Å². The first-order valence-electron chi connectivity index (χ1n) is 7.04. The Morgan fingerprint density at radius 3 is 2.00 bits per heavy atom. The molecule has 0 atom stereocenters. The van der Waals surface area contributed by atoms with Crippen molar-refractivity contribution in [3.63, 3.8) is 0 Å². The molecule has 0 saturated carbocycles. The fourth-order valence-electron chi connectivity index (χ4n) is 1.84. The molecule has 7 heteroatoms. The van der Waals surface area contributed by atoms with Crippen LogP contribution >= 0.6 is 0 Å². The van der Waals surface area contributed by atoms with Crippen LogP contribution in [-0.4, -0.2) is 24.4 Å². The molecule has 2 aromatic rings. The Balaban J connectivity index is 1.83. The van der Waals surface area contributed by atoms with Gasteiger partial charge >= 0.3 is 5.97 Å². The highest BCUT2D eigenvalue weighted by atomic mass is 19.1. The molecule has 24 heavy (non-hydrogen) atoms. The Kier molecular flexibility index (Phi) is 5.62. The first-order chi connectivity index (χ1) is 11.4. The van der Waals surface area contributed by atoms with E-state index in [1.54, 1.807) is 24.3 Å². The number of esters is 1. The minimum Gasteiger partial charge on any atom is -0.452 e. The standard InChI is InChI=1S/C17H15FN2O4/c1-11(21)19-14-6-8-15(9-7-14)20-16(22)10-24-17(23)12-2-4-13(18)5-3-12/h2-9H,10H2,1H3,(H,19,21)(H,20,22). The summed E-state index contributed by atoms with van der Waals surface area (Å²) in [5.41, 5.74) is 1.25. The number of carbonyl (C=O) groups excluding carboxylic acids is 3. The van der Waals surface area contributed by atoms with E-state index in [1.165, 1.54) is 19.1 Å². The lowest BCUT2D eigenvalue weighted by atomic mass is 10.2.